The number of rotatable bonds is 2. The van der Waals surface area contributed by atoms with Crippen molar-refractivity contribution in [2.45, 2.75) is 25.8 Å². The highest BCUT2D eigenvalue weighted by atomic mass is 16.2. The summed E-state index contributed by atoms with van der Waals surface area (Å²) in [5.74, 6) is -0.103. The fraction of sp³-hybridized carbons (Fsp3) is 0.444. The SMILES string of the molecule is CCCC1=CC2N=CN=C2C(=O)N1. The van der Waals surface area contributed by atoms with Crippen molar-refractivity contribution >= 4 is 18.0 Å². The third kappa shape index (κ3) is 1.39. The zero-order chi connectivity index (χ0) is 9.26. The highest BCUT2D eigenvalue weighted by Gasteiger charge is 2.28. The second kappa shape index (κ2) is 3.12. The van der Waals surface area contributed by atoms with Crippen LogP contribution in [0, 0.1) is 0 Å². The Labute approximate surface area is 76.5 Å². The van der Waals surface area contributed by atoms with E-state index in [1.54, 1.807) is 0 Å². The lowest BCUT2D eigenvalue weighted by molar-refractivity contribution is -0.114. The number of allylic oxidation sites excluding steroid dienone is 1. The predicted octanol–water partition coefficient (Wildman–Crippen LogP) is 0.652. The zero-order valence-electron chi connectivity index (χ0n) is 7.45. The van der Waals surface area contributed by atoms with Crippen molar-refractivity contribution < 1.29 is 4.79 Å². The molecule has 0 radical (unpaired) electrons. The Morgan fingerprint density at radius 2 is 2.46 bits per heavy atom. The number of nitrogens with zero attached hydrogens (tertiary/aromatic N) is 2. The van der Waals surface area contributed by atoms with Gasteiger partial charge in [0.15, 0.2) is 0 Å². The van der Waals surface area contributed by atoms with Crippen LogP contribution in [0.3, 0.4) is 0 Å². The predicted molar refractivity (Wildman–Crippen MR) is 50.8 cm³/mol. The van der Waals surface area contributed by atoms with E-state index in [2.05, 4.69) is 22.2 Å². The molecule has 0 saturated heterocycles. The van der Waals surface area contributed by atoms with E-state index >= 15 is 0 Å². The van der Waals surface area contributed by atoms with Gasteiger partial charge in [0.25, 0.3) is 5.91 Å². The van der Waals surface area contributed by atoms with Gasteiger partial charge < -0.3 is 5.32 Å². The molecule has 0 aromatic rings. The Hall–Kier alpha value is -1.45. The van der Waals surface area contributed by atoms with E-state index in [1.807, 2.05) is 6.08 Å². The van der Waals surface area contributed by atoms with Gasteiger partial charge >= 0.3 is 0 Å². The van der Waals surface area contributed by atoms with Crippen LogP contribution >= 0.6 is 0 Å². The molecular formula is C9H11N3O. The Morgan fingerprint density at radius 3 is 3.23 bits per heavy atom. The fourth-order valence-corrected chi connectivity index (χ4v) is 1.49. The lowest BCUT2D eigenvalue weighted by Gasteiger charge is -2.17. The Bertz CT molecular complexity index is 328. The molecule has 4 heteroatoms. The Kier molecular flexibility index (Phi) is 1.96. The molecule has 0 spiro atoms. The Morgan fingerprint density at radius 1 is 1.62 bits per heavy atom. The van der Waals surface area contributed by atoms with E-state index in [1.165, 1.54) is 6.34 Å². The van der Waals surface area contributed by atoms with Crippen LogP contribution in [0.4, 0.5) is 0 Å². The minimum atomic E-state index is -0.129. The summed E-state index contributed by atoms with van der Waals surface area (Å²) in [4.78, 5) is 19.4. The van der Waals surface area contributed by atoms with Crippen LogP contribution in [-0.4, -0.2) is 24.0 Å². The standard InChI is InChI=1S/C9H11N3O/c1-2-3-6-4-7-8(9(13)12-6)11-5-10-7/h4-5,7H,2-3H2,1H3,(H,12,13). The van der Waals surface area contributed by atoms with Gasteiger partial charge in [0.1, 0.15) is 18.1 Å². The zero-order valence-corrected chi connectivity index (χ0v) is 7.45. The second-order valence-electron chi connectivity index (χ2n) is 3.12. The molecule has 1 unspecified atom stereocenters. The molecule has 13 heavy (non-hydrogen) atoms. The molecule has 0 bridgehead atoms. The normalized spacial score (nSPS) is 25.0. The summed E-state index contributed by atoms with van der Waals surface area (Å²) in [6, 6.07) is -0.129. The van der Waals surface area contributed by atoms with Gasteiger partial charge in [-0.3, -0.25) is 9.79 Å². The van der Waals surface area contributed by atoms with E-state index in [-0.39, 0.29) is 11.9 Å². The molecule has 2 aliphatic rings. The molecular weight excluding hydrogens is 166 g/mol. The molecule has 2 heterocycles. The average Bonchev–Trinajstić information content (AvgIpc) is 2.53. The number of hydrogen-bond donors (Lipinski definition) is 1. The molecule has 68 valence electrons. The maximum Gasteiger partial charge on any atom is 0.272 e. The Balaban J connectivity index is 2.22. The first-order chi connectivity index (χ1) is 6.31. The summed E-state index contributed by atoms with van der Waals surface area (Å²) in [5.41, 5.74) is 1.48. The van der Waals surface area contributed by atoms with E-state index in [4.69, 9.17) is 0 Å². The summed E-state index contributed by atoms with van der Waals surface area (Å²) < 4.78 is 0. The molecule has 0 saturated carbocycles. The van der Waals surface area contributed by atoms with Crippen LogP contribution in [0.15, 0.2) is 21.8 Å². The van der Waals surface area contributed by atoms with Gasteiger partial charge in [-0.2, -0.15) is 0 Å². The van der Waals surface area contributed by atoms with Gasteiger partial charge in [0.05, 0.1) is 0 Å². The van der Waals surface area contributed by atoms with Gasteiger partial charge in [-0.05, 0) is 12.5 Å². The van der Waals surface area contributed by atoms with Gasteiger partial charge in [-0.25, -0.2) is 4.99 Å². The molecule has 1 atom stereocenters. The van der Waals surface area contributed by atoms with E-state index in [0.29, 0.717) is 5.71 Å². The maximum absolute atomic E-state index is 11.4. The maximum atomic E-state index is 11.4. The molecule has 0 aliphatic carbocycles. The summed E-state index contributed by atoms with van der Waals surface area (Å²) in [7, 11) is 0. The van der Waals surface area contributed by atoms with Gasteiger partial charge in [0.2, 0.25) is 0 Å². The molecule has 0 fully saturated rings. The van der Waals surface area contributed by atoms with Crippen LogP contribution in [-0.2, 0) is 4.79 Å². The summed E-state index contributed by atoms with van der Waals surface area (Å²) in [5, 5.41) is 2.80. The molecule has 0 aromatic heterocycles. The molecule has 2 aliphatic heterocycles. The number of fused-ring (bicyclic) bond motifs is 1. The highest BCUT2D eigenvalue weighted by molar-refractivity contribution is 6.44. The van der Waals surface area contributed by atoms with Crippen LogP contribution in [0.2, 0.25) is 0 Å². The number of nitrogens with one attached hydrogen (secondary N) is 1. The first-order valence-electron chi connectivity index (χ1n) is 4.42. The van der Waals surface area contributed by atoms with Gasteiger partial charge in [-0.1, -0.05) is 13.3 Å². The van der Waals surface area contributed by atoms with Crippen LogP contribution in [0.5, 0.6) is 0 Å². The lowest BCUT2D eigenvalue weighted by Crippen LogP contribution is -2.39. The third-order valence-corrected chi connectivity index (χ3v) is 2.09. The number of carbonyl (C=O) groups is 1. The number of aliphatic imine (C=N–C) groups is 2. The number of amides is 1. The average molecular weight is 177 g/mol. The van der Waals surface area contributed by atoms with Crippen molar-refractivity contribution in [2.24, 2.45) is 9.98 Å². The van der Waals surface area contributed by atoms with Crippen molar-refractivity contribution in [1.82, 2.24) is 5.32 Å². The highest BCUT2D eigenvalue weighted by Crippen LogP contribution is 2.14. The topological polar surface area (TPSA) is 53.8 Å². The van der Waals surface area contributed by atoms with E-state index in [9.17, 15) is 4.79 Å². The molecule has 2 rings (SSSR count). The van der Waals surface area contributed by atoms with Crippen molar-refractivity contribution in [3.63, 3.8) is 0 Å². The van der Waals surface area contributed by atoms with E-state index in [0.717, 1.165) is 18.5 Å². The van der Waals surface area contributed by atoms with Crippen LogP contribution in [0.1, 0.15) is 19.8 Å². The van der Waals surface area contributed by atoms with Crippen molar-refractivity contribution in [1.29, 1.82) is 0 Å². The van der Waals surface area contributed by atoms with Crippen LogP contribution in [0.25, 0.3) is 0 Å². The third-order valence-electron chi connectivity index (χ3n) is 2.09. The number of carbonyl (C=O) groups excluding carboxylic acids is 1. The minimum absolute atomic E-state index is 0.103. The fourth-order valence-electron chi connectivity index (χ4n) is 1.49. The summed E-state index contributed by atoms with van der Waals surface area (Å²) in [6.45, 7) is 2.08. The summed E-state index contributed by atoms with van der Waals surface area (Å²) in [6.07, 6.45) is 5.33. The largest absolute Gasteiger partial charge is 0.325 e. The first kappa shape index (κ1) is 8.16. The number of hydrogen-bond acceptors (Lipinski definition) is 3. The summed E-state index contributed by atoms with van der Waals surface area (Å²) >= 11 is 0. The molecule has 1 amide bonds. The van der Waals surface area contributed by atoms with Gasteiger partial charge in [-0.15, -0.1) is 0 Å². The lowest BCUT2D eigenvalue weighted by atomic mass is 10.0. The second-order valence-corrected chi connectivity index (χ2v) is 3.12. The van der Waals surface area contributed by atoms with E-state index < -0.39 is 0 Å². The van der Waals surface area contributed by atoms with Crippen LogP contribution < -0.4 is 5.32 Å². The van der Waals surface area contributed by atoms with Gasteiger partial charge in [0, 0.05) is 5.70 Å². The van der Waals surface area contributed by atoms with Crippen molar-refractivity contribution in [3.05, 3.63) is 11.8 Å². The minimum Gasteiger partial charge on any atom is -0.325 e. The smallest absolute Gasteiger partial charge is 0.272 e. The molecule has 1 N–H and O–H groups in total. The first-order valence-corrected chi connectivity index (χ1v) is 4.42. The quantitative estimate of drug-likeness (QED) is 0.661. The molecule has 0 aromatic carbocycles. The molecule has 4 nitrogen and oxygen atoms in total. The van der Waals surface area contributed by atoms with Crippen molar-refractivity contribution in [3.8, 4) is 0 Å². The monoisotopic (exact) mass is 177 g/mol. The van der Waals surface area contributed by atoms with Crippen molar-refractivity contribution in [2.75, 3.05) is 0 Å².